The number of para-hydroxylation sites is 3. The van der Waals surface area contributed by atoms with Gasteiger partial charge in [0.05, 0.1) is 17.6 Å². The number of carbonyl (C=O) groups is 1. The monoisotopic (exact) mass is 445 g/mol. The minimum atomic E-state index is -0.758. The quantitative estimate of drug-likeness (QED) is 0.464. The van der Waals surface area contributed by atoms with Gasteiger partial charge in [0, 0.05) is 24.6 Å². The maximum absolute atomic E-state index is 13.3. The number of hydrogen-bond donors (Lipinski definition) is 1. The van der Waals surface area contributed by atoms with Crippen LogP contribution in [0, 0.1) is 5.82 Å². The number of aliphatic hydroxyl groups excluding tert-OH is 1. The van der Waals surface area contributed by atoms with Crippen molar-refractivity contribution >= 4 is 22.6 Å². The smallest absolute Gasteiger partial charge is 0.227 e. The van der Waals surface area contributed by atoms with Crippen LogP contribution in [-0.4, -0.2) is 39.8 Å². The lowest BCUT2D eigenvalue weighted by Gasteiger charge is -2.19. The van der Waals surface area contributed by atoms with Gasteiger partial charge < -0.3 is 19.3 Å². The summed E-state index contributed by atoms with van der Waals surface area (Å²) in [5.41, 5.74) is 2.39. The highest BCUT2D eigenvalue weighted by atomic mass is 19.1. The van der Waals surface area contributed by atoms with Gasteiger partial charge in [-0.3, -0.25) is 4.79 Å². The summed E-state index contributed by atoms with van der Waals surface area (Å²) in [6, 6.07) is 23.0. The molecule has 0 bridgehead atoms. The lowest BCUT2D eigenvalue weighted by atomic mass is 10.1. The van der Waals surface area contributed by atoms with E-state index in [9.17, 15) is 14.3 Å². The molecule has 5 rings (SSSR count). The molecule has 33 heavy (non-hydrogen) atoms. The Balaban J connectivity index is 1.38. The predicted molar refractivity (Wildman–Crippen MR) is 124 cm³/mol. The van der Waals surface area contributed by atoms with Crippen molar-refractivity contribution < 1.29 is 19.0 Å². The second-order valence-electron chi connectivity index (χ2n) is 8.23. The van der Waals surface area contributed by atoms with E-state index in [4.69, 9.17) is 9.72 Å². The maximum atomic E-state index is 13.3. The molecule has 6 nitrogen and oxygen atoms in total. The zero-order valence-corrected chi connectivity index (χ0v) is 18.0. The van der Waals surface area contributed by atoms with Crippen LogP contribution >= 0.6 is 0 Å². The lowest BCUT2D eigenvalue weighted by Crippen LogP contribution is -2.26. The summed E-state index contributed by atoms with van der Waals surface area (Å²) in [4.78, 5) is 19.3. The molecule has 1 N–H and O–H groups in total. The Morgan fingerprint density at radius 3 is 2.55 bits per heavy atom. The number of fused-ring (bicyclic) bond motifs is 1. The van der Waals surface area contributed by atoms with Crippen LogP contribution in [0.5, 0.6) is 5.75 Å². The van der Waals surface area contributed by atoms with Crippen LogP contribution in [0.3, 0.4) is 0 Å². The first kappa shape index (κ1) is 21.2. The molecule has 0 radical (unpaired) electrons. The molecule has 2 atom stereocenters. The number of benzene rings is 3. The van der Waals surface area contributed by atoms with Crippen molar-refractivity contribution in [2.24, 2.45) is 0 Å². The summed E-state index contributed by atoms with van der Waals surface area (Å²) >= 11 is 0. The van der Waals surface area contributed by atoms with Crippen LogP contribution in [0.1, 0.15) is 18.2 Å². The second-order valence-corrected chi connectivity index (χ2v) is 8.23. The summed E-state index contributed by atoms with van der Waals surface area (Å²) < 4.78 is 21.0. The summed E-state index contributed by atoms with van der Waals surface area (Å²) in [6.07, 6.45) is -0.455. The van der Waals surface area contributed by atoms with E-state index in [-0.39, 0.29) is 24.2 Å². The molecule has 0 saturated carbocycles. The molecule has 4 aromatic rings. The van der Waals surface area contributed by atoms with Gasteiger partial charge >= 0.3 is 0 Å². The Hall–Kier alpha value is -3.71. The molecule has 168 valence electrons. The molecule has 0 spiro atoms. The molecular weight excluding hydrogens is 421 g/mol. The average Bonchev–Trinajstić information content (AvgIpc) is 3.39. The first-order valence-electron chi connectivity index (χ1n) is 11.0. The van der Waals surface area contributed by atoms with E-state index in [1.165, 1.54) is 12.1 Å². The molecule has 1 saturated heterocycles. The number of anilines is 1. The number of ether oxygens (including phenoxy) is 1. The third-order valence-corrected chi connectivity index (χ3v) is 5.89. The van der Waals surface area contributed by atoms with Crippen molar-refractivity contribution in [2.45, 2.75) is 25.0 Å². The normalized spacial score (nSPS) is 17.0. The van der Waals surface area contributed by atoms with Gasteiger partial charge in [0.15, 0.2) is 0 Å². The molecule has 1 aliphatic rings. The van der Waals surface area contributed by atoms with Crippen molar-refractivity contribution in [2.75, 3.05) is 18.1 Å². The van der Waals surface area contributed by atoms with E-state index in [1.54, 1.807) is 17.0 Å². The Morgan fingerprint density at radius 1 is 1.03 bits per heavy atom. The molecule has 2 heterocycles. The SMILES string of the molecule is O=C1C[C@@H](c2nc3ccccc3n2C[C@H](O)COc2ccccc2)CN1c1ccc(F)cc1. The number of hydrogen-bond acceptors (Lipinski definition) is 4. The number of aromatic nitrogens is 2. The summed E-state index contributed by atoms with van der Waals surface area (Å²) in [5, 5.41) is 10.7. The molecular formula is C26H24FN3O3. The van der Waals surface area contributed by atoms with Crippen molar-refractivity contribution in [3.05, 3.63) is 90.5 Å². The summed E-state index contributed by atoms with van der Waals surface area (Å²) in [5.74, 6) is 0.947. The number of imidazole rings is 1. The van der Waals surface area contributed by atoms with Gasteiger partial charge in [0.2, 0.25) is 5.91 Å². The predicted octanol–water partition coefficient (Wildman–Crippen LogP) is 4.14. The molecule has 1 amide bonds. The minimum absolute atomic E-state index is 0.0295. The fourth-order valence-corrected chi connectivity index (χ4v) is 4.32. The van der Waals surface area contributed by atoms with E-state index >= 15 is 0 Å². The second kappa shape index (κ2) is 9.03. The van der Waals surface area contributed by atoms with Crippen LogP contribution in [0.15, 0.2) is 78.9 Å². The van der Waals surface area contributed by atoms with Crippen molar-refractivity contribution in [1.29, 1.82) is 0 Å². The number of carbonyl (C=O) groups excluding carboxylic acids is 1. The number of halogens is 1. The summed E-state index contributed by atoms with van der Waals surface area (Å²) in [6.45, 7) is 0.885. The number of aliphatic hydroxyl groups is 1. The van der Waals surface area contributed by atoms with E-state index in [2.05, 4.69) is 0 Å². The lowest BCUT2D eigenvalue weighted by molar-refractivity contribution is -0.117. The van der Waals surface area contributed by atoms with Gasteiger partial charge in [-0.1, -0.05) is 30.3 Å². The maximum Gasteiger partial charge on any atom is 0.227 e. The van der Waals surface area contributed by atoms with Gasteiger partial charge in [0.1, 0.15) is 30.1 Å². The molecule has 7 heteroatoms. The van der Waals surface area contributed by atoms with Gasteiger partial charge in [-0.05, 0) is 48.5 Å². The molecule has 1 aromatic heterocycles. The fraction of sp³-hybridized carbons (Fsp3) is 0.231. The highest BCUT2D eigenvalue weighted by Crippen LogP contribution is 2.33. The number of nitrogens with zero attached hydrogens (tertiary/aromatic N) is 3. The van der Waals surface area contributed by atoms with Crippen LogP contribution < -0.4 is 9.64 Å². The third kappa shape index (κ3) is 4.45. The number of amides is 1. The van der Waals surface area contributed by atoms with Crippen molar-refractivity contribution in [3.63, 3.8) is 0 Å². The first-order chi connectivity index (χ1) is 16.1. The van der Waals surface area contributed by atoms with Gasteiger partial charge in [0.25, 0.3) is 0 Å². The highest BCUT2D eigenvalue weighted by molar-refractivity contribution is 5.96. The van der Waals surface area contributed by atoms with E-state index in [0.717, 1.165) is 16.9 Å². The van der Waals surface area contributed by atoms with Crippen molar-refractivity contribution in [3.8, 4) is 5.75 Å². The van der Waals surface area contributed by atoms with E-state index < -0.39 is 6.10 Å². The van der Waals surface area contributed by atoms with E-state index in [1.807, 2.05) is 59.2 Å². The highest BCUT2D eigenvalue weighted by Gasteiger charge is 2.35. The number of rotatable bonds is 7. The van der Waals surface area contributed by atoms with Crippen LogP contribution in [0.2, 0.25) is 0 Å². The van der Waals surface area contributed by atoms with Crippen LogP contribution in [-0.2, 0) is 11.3 Å². The first-order valence-corrected chi connectivity index (χ1v) is 11.0. The zero-order chi connectivity index (χ0) is 22.8. The molecule has 1 aliphatic heterocycles. The van der Waals surface area contributed by atoms with Crippen LogP contribution in [0.25, 0.3) is 11.0 Å². The molecule has 3 aromatic carbocycles. The Morgan fingerprint density at radius 2 is 1.76 bits per heavy atom. The summed E-state index contributed by atoms with van der Waals surface area (Å²) in [7, 11) is 0. The Kier molecular flexibility index (Phi) is 5.79. The zero-order valence-electron chi connectivity index (χ0n) is 18.0. The minimum Gasteiger partial charge on any atom is -0.491 e. The van der Waals surface area contributed by atoms with Gasteiger partial charge in [-0.25, -0.2) is 9.37 Å². The van der Waals surface area contributed by atoms with Crippen LogP contribution in [0.4, 0.5) is 10.1 Å². The fourth-order valence-electron chi connectivity index (χ4n) is 4.32. The third-order valence-electron chi connectivity index (χ3n) is 5.89. The Labute approximate surface area is 190 Å². The largest absolute Gasteiger partial charge is 0.491 e. The van der Waals surface area contributed by atoms with Gasteiger partial charge in [-0.2, -0.15) is 0 Å². The molecule has 1 fully saturated rings. The van der Waals surface area contributed by atoms with Crippen molar-refractivity contribution in [1.82, 2.24) is 9.55 Å². The topological polar surface area (TPSA) is 67.6 Å². The van der Waals surface area contributed by atoms with E-state index in [0.29, 0.717) is 30.9 Å². The Bertz CT molecular complexity index is 1260. The molecule has 0 unspecified atom stereocenters. The average molecular weight is 445 g/mol. The molecule has 0 aliphatic carbocycles. The standard InChI is InChI=1S/C26H24FN3O3/c27-19-10-12-20(13-11-19)29-15-18(14-25(29)32)26-28-23-8-4-5-9-24(23)30(26)16-21(31)17-33-22-6-2-1-3-7-22/h1-13,18,21,31H,14-17H2/t18-,21+/m1/s1. The van der Waals surface area contributed by atoms with Gasteiger partial charge in [-0.15, -0.1) is 0 Å².